The van der Waals surface area contributed by atoms with E-state index < -0.39 is 5.97 Å². The Bertz CT molecular complexity index is 618. The van der Waals surface area contributed by atoms with E-state index in [0.29, 0.717) is 10.7 Å². The third kappa shape index (κ3) is 6.95. The van der Waals surface area contributed by atoms with Crippen molar-refractivity contribution >= 4 is 34.9 Å². The molecule has 2 rings (SSSR count). The molecule has 8 nitrogen and oxygen atoms in total. The summed E-state index contributed by atoms with van der Waals surface area (Å²) in [5.41, 5.74) is 1.23. The molecule has 0 spiro atoms. The number of morpholine rings is 1. The lowest BCUT2D eigenvalue weighted by Crippen LogP contribution is -2.42. The maximum atomic E-state index is 11.9. The number of benzene rings is 1. The molecule has 0 bridgehead atoms. The van der Waals surface area contributed by atoms with Crippen molar-refractivity contribution in [3.63, 3.8) is 0 Å². The minimum Gasteiger partial charge on any atom is -0.468 e. The van der Waals surface area contributed by atoms with Gasteiger partial charge < -0.3 is 25.4 Å². The predicted octanol–water partition coefficient (Wildman–Crippen LogP) is 0.208. The highest BCUT2D eigenvalue weighted by molar-refractivity contribution is 7.80. The zero-order valence-electron chi connectivity index (χ0n) is 14.7. The van der Waals surface area contributed by atoms with Gasteiger partial charge in [-0.3, -0.25) is 14.5 Å². The van der Waals surface area contributed by atoms with E-state index in [1.54, 1.807) is 24.3 Å². The van der Waals surface area contributed by atoms with E-state index in [9.17, 15) is 9.59 Å². The Kier molecular flexibility index (Phi) is 8.26. The topological polar surface area (TPSA) is 91.9 Å². The molecule has 0 radical (unpaired) electrons. The molecule has 1 saturated heterocycles. The molecule has 1 aliphatic heterocycles. The quantitative estimate of drug-likeness (QED) is 0.457. The van der Waals surface area contributed by atoms with Crippen LogP contribution in [0, 0.1) is 0 Å². The van der Waals surface area contributed by atoms with Crippen LogP contribution in [0.25, 0.3) is 0 Å². The summed E-state index contributed by atoms with van der Waals surface area (Å²) in [4.78, 5) is 25.3. The predicted molar refractivity (Wildman–Crippen MR) is 102 cm³/mol. The standard InChI is InChI=1S/C17H24N4O4S/c1-24-15(22)12-19-16(23)13-2-4-14(5-3-13)20-17(26)18-6-7-21-8-10-25-11-9-21/h2-5H,6-12H2,1H3,(H,19,23)(H2,18,20,26). The number of esters is 1. The molecule has 1 fully saturated rings. The van der Waals surface area contributed by atoms with E-state index in [0.717, 1.165) is 45.1 Å². The summed E-state index contributed by atoms with van der Waals surface area (Å²) in [6.07, 6.45) is 0. The van der Waals surface area contributed by atoms with Crippen molar-refractivity contribution in [1.29, 1.82) is 0 Å². The van der Waals surface area contributed by atoms with Gasteiger partial charge in [-0.15, -0.1) is 0 Å². The van der Waals surface area contributed by atoms with Gasteiger partial charge >= 0.3 is 5.97 Å². The molecule has 1 aliphatic rings. The number of carbonyl (C=O) groups excluding carboxylic acids is 2. The van der Waals surface area contributed by atoms with E-state index in [-0.39, 0.29) is 12.5 Å². The fourth-order valence-electron chi connectivity index (χ4n) is 2.36. The Labute approximate surface area is 158 Å². The smallest absolute Gasteiger partial charge is 0.325 e. The summed E-state index contributed by atoms with van der Waals surface area (Å²) >= 11 is 5.27. The highest BCUT2D eigenvalue weighted by Crippen LogP contribution is 2.09. The number of thiocarbonyl (C=S) groups is 1. The number of nitrogens with zero attached hydrogens (tertiary/aromatic N) is 1. The first kappa shape index (κ1) is 20.1. The maximum Gasteiger partial charge on any atom is 0.325 e. The van der Waals surface area contributed by atoms with Crippen LogP contribution in [-0.2, 0) is 14.3 Å². The molecule has 1 amide bonds. The normalized spacial score (nSPS) is 14.3. The molecular formula is C17H24N4O4S. The summed E-state index contributed by atoms with van der Waals surface area (Å²) in [7, 11) is 1.27. The van der Waals surface area contributed by atoms with Gasteiger partial charge in [-0.2, -0.15) is 0 Å². The van der Waals surface area contributed by atoms with Crippen molar-refractivity contribution in [2.45, 2.75) is 0 Å². The zero-order chi connectivity index (χ0) is 18.8. The van der Waals surface area contributed by atoms with Crippen molar-refractivity contribution in [3.8, 4) is 0 Å². The number of methoxy groups -OCH3 is 1. The summed E-state index contributed by atoms with van der Waals surface area (Å²) in [5.74, 6) is -0.835. The minimum atomic E-state index is -0.495. The van der Waals surface area contributed by atoms with Crippen molar-refractivity contribution in [3.05, 3.63) is 29.8 Å². The van der Waals surface area contributed by atoms with Crippen LogP contribution in [-0.4, -0.2) is 74.9 Å². The second kappa shape index (κ2) is 10.7. The Morgan fingerprint density at radius 3 is 2.54 bits per heavy atom. The Morgan fingerprint density at radius 2 is 1.88 bits per heavy atom. The number of hydrogen-bond donors (Lipinski definition) is 3. The van der Waals surface area contributed by atoms with Crippen LogP contribution in [0.4, 0.5) is 5.69 Å². The SMILES string of the molecule is COC(=O)CNC(=O)c1ccc(NC(=S)NCCN2CCOCC2)cc1. The number of hydrogen-bond acceptors (Lipinski definition) is 6. The van der Waals surface area contributed by atoms with Gasteiger partial charge in [0.2, 0.25) is 0 Å². The lowest BCUT2D eigenvalue weighted by atomic mass is 10.2. The fourth-order valence-corrected chi connectivity index (χ4v) is 2.58. The first-order chi connectivity index (χ1) is 12.6. The first-order valence-electron chi connectivity index (χ1n) is 8.38. The largest absolute Gasteiger partial charge is 0.468 e. The van der Waals surface area contributed by atoms with Crippen LogP contribution >= 0.6 is 12.2 Å². The molecule has 3 N–H and O–H groups in total. The molecule has 9 heteroatoms. The van der Waals surface area contributed by atoms with Crippen molar-refractivity contribution < 1.29 is 19.1 Å². The van der Waals surface area contributed by atoms with Crippen molar-refractivity contribution in [2.75, 3.05) is 58.4 Å². The molecule has 1 heterocycles. The van der Waals surface area contributed by atoms with Crippen LogP contribution in [0.2, 0.25) is 0 Å². The lowest BCUT2D eigenvalue weighted by Gasteiger charge is -2.26. The molecule has 1 aromatic carbocycles. The third-order valence-electron chi connectivity index (χ3n) is 3.84. The van der Waals surface area contributed by atoms with E-state index >= 15 is 0 Å². The van der Waals surface area contributed by atoms with Crippen LogP contribution in [0.15, 0.2) is 24.3 Å². The third-order valence-corrected chi connectivity index (χ3v) is 4.09. The molecule has 0 saturated carbocycles. The highest BCUT2D eigenvalue weighted by atomic mass is 32.1. The lowest BCUT2D eigenvalue weighted by molar-refractivity contribution is -0.139. The molecular weight excluding hydrogens is 356 g/mol. The molecule has 0 aliphatic carbocycles. The van der Waals surface area contributed by atoms with Crippen LogP contribution < -0.4 is 16.0 Å². The number of nitrogens with one attached hydrogen (secondary N) is 3. The summed E-state index contributed by atoms with van der Waals surface area (Å²) in [6, 6.07) is 6.82. The van der Waals surface area contributed by atoms with Crippen molar-refractivity contribution in [2.24, 2.45) is 0 Å². The number of rotatable bonds is 7. The fraction of sp³-hybridized carbons (Fsp3) is 0.471. The molecule has 142 valence electrons. The Morgan fingerprint density at radius 1 is 1.19 bits per heavy atom. The van der Waals surface area contributed by atoms with Gasteiger partial charge in [0.1, 0.15) is 6.54 Å². The van der Waals surface area contributed by atoms with Crippen LogP contribution in [0.5, 0.6) is 0 Å². The summed E-state index contributed by atoms with van der Waals surface area (Å²) in [5, 5.41) is 9.25. The van der Waals surface area contributed by atoms with Gasteiger partial charge in [0.15, 0.2) is 5.11 Å². The van der Waals surface area contributed by atoms with Crippen molar-refractivity contribution in [1.82, 2.24) is 15.5 Å². The maximum absolute atomic E-state index is 11.9. The second-order valence-electron chi connectivity index (χ2n) is 5.67. The van der Waals surface area contributed by atoms with E-state index in [1.807, 2.05) is 0 Å². The molecule has 0 atom stereocenters. The van der Waals surface area contributed by atoms with Gasteiger partial charge in [0.05, 0.1) is 20.3 Å². The minimum absolute atomic E-state index is 0.160. The van der Waals surface area contributed by atoms with Gasteiger partial charge in [-0.25, -0.2) is 0 Å². The number of ether oxygens (including phenoxy) is 2. The van der Waals surface area contributed by atoms with E-state index in [1.165, 1.54) is 7.11 Å². The first-order valence-corrected chi connectivity index (χ1v) is 8.79. The molecule has 0 aromatic heterocycles. The van der Waals surface area contributed by atoms with Gasteiger partial charge in [0, 0.05) is 37.4 Å². The van der Waals surface area contributed by atoms with Gasteiger partial charge in [-0.05, 0) is 36.5 Å². The van der Waals surface area contributed by atoms with Gasteiger partial charge in [-0.1, -0.05) is 0 Å². The van der Waals surface area contributed by atoms with E-state index in [4.69, 9.17) is 17.0 Å². The number of anilines is 1. The Balaban J connectivity index is 1.71. The highest BCUT2D eigenvalue weighted by Gasteiger charge is 2.10. The van der Waals surface area contributed by atoms with Crippen LogP contribution in [0.3, 0.4) is 0 Å². The van der Waals surface area contributed by atoms with Crippen LogP contribution in [0.1, 0.15) is 10.4 Å². The number of amides is 1. The monoisotopic (exact) mass is 380 g/mol. The second-order valence-corrected chi connectivity index (χ2v) is 6.08. The molecule has 26 heavy (non-hydrogen) atoms. The number of carbonyl (C=O) groups is 2. The average Bonchev–Trinajstić information content (AvgIpc) is 2.67. The van der Waals surface area contributed by atoms with E-state index in [2.05, 4.69) is 25.6 Å². The Hall–Kier alpha value is -2.23. The molecule has 0 unspecified atom stereocenters. The van der Waals surface area contributed by atoms with Gasteiger partial charge in [0.25, 0.3) is 5.91 Å². The average molecular weight is 380 g/mol. The molecule has 1 aromatic rings. The summed E-state index contributed by atoms with van der Waals surface area (Å²) in [6.45, 7) is 4.95. The zero-order valence-corrected chi connectivity index (χ0v) is 15.6. The summed E-state index contributed by atoms with van der Waals surface area (Å²) < 4.78 is 9.79.